The summed E-state index contributed by atoms with van der Waals surface area (Å²) in [5, 5.41) is 7.30. The van der Waals surface area contributed by atoms with Gasteiger partial charge < -0.3 is 10.6 Å². The average Bonchev–Trinajstić information content (AvgIpc) is 2.37. The Kier molecular flexibility index (Phi) is 6.32. The molecule has 0 bridgehead atoms. The molecule has 0 spiro atoms. The molecule has 1 rings (SSSR count). The van der Waals surface area contributed by atoms with Gasteiger partial charge in [0.2, 0.25) is 0 Å². The molecule has 4 N–H and O–H groups in total. The maximum Gasteiger partial charge on any atom is 0.321 e. The zero-order chi connectivity index (χ0) is 14.3. The highest BCUT2D eigenvalue weighted by Gasteiger charge is 2.13. The number of quaternary nitrogens is 1. The van der Waals surface area contributed by atoms with Gasteiger partial charge in [-0.25, -0.2) is 4.79 Å². The summed E-state index contributed by atoms with van der Waals surface area (Å²) in [5.74, 6) is -0.313. The Morgan fingerprint density at radius 2 is 1.95 bits per heavy atom. The summed E-state index contributed by atoms with van der Waals surface area (Å²) in [6, 6.07) is 7.14. The predicted molar refractivity (Wildman–Crippen MR) is 73.9 cm³/mol. The van der Waals surface area contributed by atoms with Crippen LogP contribution in [0.2, 0.25) is 5.02 Å². The molecule has 0 saturated carbocycles. The van der Waals surface area contributed by atoms with Gasteiger partial charge in [-0.3, -0.25) is 10.1 Å². The van der Waals surface area contributed by atoms with E-state index in [0.29, 0.717) is 11.6 Å². The second-order valence-corrected chi connectivity index (χ2v) is 4.62. The molecule has 0 heterocycles. The Morgan fingerprint density at radius 3 is 2.53 bits per heavy atom. The lowest BCUT2D eigenvalue weighted by molar-refractivity contribution is -0.682. The number of halogens is 1. The number of carbonyl (C=O) groups is 2. The Labute approximate surface area is 117 Å². The number of benzene rings is 1. The van der Waals surface area contributed by atoms with Crippen LogP contribution < -0.4 is 16.0 Å². The Bertz CT molecular complexity index is 434. The molecule has 5 nitrogen and oxygen atoms in total. The highest BCUT2D eigenvalue weighted by atomic mass is 35.5. The van der Waals surface area contributed by atoms with Crippen LogP contribution in [-0.4, -0.2) is 25.0 Å². The molecular formula is C13H19ClN3O2+. The van der Waals surface area contributed by atoms with Gasteiger partial charge in [-0.15, -0.1) is 0 Å². The normalized spacial score (nSPS) is 11.7. The molecule has 0 saturated heterocycles. The molecule has 1 aromatic rings. The van der Waals surface area contributed by atoms with E-state index in [1.54, 1.807) is 6.92 Å². The number of hydrogen-bond acceptors (Lipinski definition) is 2. The molecule has 0 aliphatic carbocycles. The Morgan fingerprint density at radius 1 is 1.32 bits per heavy atom. The van der Waals surface area contributed by atoms with Gasteiger partial charge in [0.25, 0.3) is 5.91 Å². The molecule has 104 valence electrons. The third kappa shape index (κ3) is 5.72. The van der Waals surface area contributed by atoms with Crippen LogP contribution in [-0.2, 0) is 4.79 Å². The van der Waals surface area contributed by atoms with Crippen molar-refractivity contribution >= 4 is 23.5 Å². The number of nitrogens with one attached hydrogen (secondary N) is 2. The van der Waals surface area contributed by atoms with Crippen LogP contribution in [0.4, 0.5) is 4.79 Å². The maximum atomic E-state index is 11.5. The van der Waals surface area contributed by atoms with Crippen LogP contribution in [0.1, 0.15) is 25.5 Å². The Hall–Kier alpha value is -1.59. The molecular weight excluding hydrogens is 266 g/mol. The lowest BCUT2D eigenvalue weighted by Gasteiger charge is -2.11. The number of carbonyl (C=O) groups excluding carboxylic acids is 2. The van der Waals surface area contributed by atoms with Gasteiger partial charge in [-0.1, -0.05) is 23.7 Å². The topological polar surface area (TPSA) is 74.8 Å². The fourth-order valence-corrected chi connectivity index (χ4v) is 1.69. The van der Waals surface area contributed by atoms with Crippen molar-refractivity contribution in [2.75, 3.05) is 13.1 Å². The molecule has 0 radical (unpaired) electrons. The van der Waals surface area contributed by atoms with Gasteiger partial charge in [0.15, 0.2) is 6.54 Å². The van der Waals surface area contributed by atoms with E-state index >= 15 is 0 Å². The summed E-state index contributed by atoms with van der Waals surface area (Å²) in [5.41, 5.74) is 1.08. The SMILES string of the molecule is CCNC(=O)NC(=O)C[NH2+][C@H](C)c1ccc(Cl)cc1. The average molecular weight is 285 g/mol. The predicted octanol–water partition coefficient (Wildman–Crippen LogP) is 0.810. The standard InChI is InChI=1S/C13H18ClN3O2/c1-3-15-13(19)17-12(18)8-16-9(2)10-4-6-11(14)7-5-10/h4-7,9,16H,3,8H2,1-2H3,(H2,15,17,18,19)/p+1/t9-/m1/s1. The molecule has 0 aromatic heterocycles. The fourth-order valence-electron chi connectivity index (χ4n) is 1.57. The van der Waals surface area contributed by atoms with E-state index in [9.17, 15) is 9.59 Å². The smallest absolute Gasteiger partial charge is 0.321 e. The molecule has 0 fully saturated rings. The van der Waals surface area contributed by atoms with Gasteiger partial charge in [0.1, 0.15) is 6.04 Å². The van der Waals surface area contributed by atoms with Crippen molar-refractivity contribution in [3.8, 4) is 0 Å². The first-order chi connectivity index (χ1) is 9.02. The van der Waals surface area contributed by atoms with E-state index in [1.165, 1.54) is 0 Å². The van der Waals surface area contributed by atoms with Gasteiger partial charge in [-0.2, -0.15) is 0 Å². The minimum atomic E-state index is -0.458. The van der Waals surface area contributed by atoms with Crippen molar-refractivity contribution in [3.63, 3.8) is 0 Å². The first-order valence-electron chi connectivity index (χ1n) is 6.19. The molecule has 19 heavy (non-hydrogen) atoms. The van der Waals surface area contributed by atoms with E-state index < -0.39 is 6.03 Å². The molecule has 1 atom stereocenters. The number of amides is 3. The molecule has 3 amide bonds. The maximum absolute atomic E-state index is 11.5. The highest BCUT2D eigenvalue weighted by molar-refractivity contribution is 6.30. The summed E-state index contributed by atoms with van der Waals surface area (Å²) in [6.07, 6.45) is 0. The van der Waals surface area contributed by atoms with Crippen molar-refractivity contribution in [2.45, 2.75) is 19.9 Å². The lowest BCUT2D eigenvalue weighted by Crippen LogP contribution is -2.87. The molecule has 0 aliphatic heterocycles. The van der Waals surface area contributed by atoms with Crippen molar-refractivity contribution in [1.29, 1.82) is 0 Å². The van der Waals surface area contributed by atoms with Crippen LogP contribution in [0.15, 0.2) is 24.3 Å². The first-order valence-corrected chi connectivity index (χ1v) is 6.57. The van der Waals surface area contributed by atoms with Gasteiger partial charge in [-0.05, 0) is 26.0 Å². The summed E-state index contributed by atoms with van der Waals surface area (Å²) < 4.78 is 0. The second-order valence-electron chi connectivity index (χ2n) is 4.19. The lowest BCUT2D eigenvalue weighted by atomic mass is 10.1. The van der Waals surface area contributed by atoms with Crippen LogP contribution in [0.5, 0.6) is 0 Å². The van der Waals surface area contributed by atoms with Crippen LogP contribution in [0.3, 0.4) is 0 Å². The number of imide groups is 1. The van der Waals surface area contributed by atoms with Gasteiger partial charge in [0.05, 0.1) is 0 Å². The molecule has 6 heteroatoms. The van der Waals surface area contributed by atoms with E-state index in [1.807, 2.05) is 36.5 Å². The van der Waals surface area contributed by atoms with Gasteiger partial charge in [0, 0.05) is 17.1 Å². The van der Waals surface area contributed by atoms with E-state index in [2.05, 4.69) is 10.6 Å². The fraction of sp³-hybridized carbons (Fsp3) is 0.385. The largest absolute Gasteiger partial charge is 0.338 e. The molecule has 1 aromatic carbocycles. The summed E-state index contributed by atoms with van der Waals surface area (Å²) in [7, 11) is 0. The monoisotopic (exact) mass is 284 g/mol. The summed E-state index contributed by atoms with van der Waals surface area (Å²) in [6.45, 7) is 4.46. The number of rotatable bonds is 5. The first kappa shape index (κ1) is 15.5. The quantitative estimate of drug-likeness (QED) is 0.748. The zero-order valence-electron chi connectivity index (χ0n) is 11.1. The highest BCUT2D eigenvalue weighted by Crippen LogP contribution is 2.13. The van der Waals surface area contributed by atoms with E-state index in [4.69, 9.17) is 11.6 Å². The zero-order valence-corrected chi connectivity index (χ0v) is 11.8. The number of nitrogens with two attached hydrogens (primary N) is 1. The van der Waals surface area contributed by atoms with Crippen molar-refractivity contribution in [2.24, 2.45) is 0 Å². The van der Waals surface area contributed by atoms with Crippen molar-refractivity contribution in [3.05, 3.63) is 34.9 Å². The molecule has 0 unspecified atom stereocenters. The second kappa shape index (κ2) is 7.76. The van der Waals surface area contributed by atoms with Crippen molar-refractivity contribution < 1.29 is 14.9 Å². The third-order valence-electron chi connectivity index (χ3n) is 2.64. The minimum absolute atomic E-state index is 0.122. The van der Waals surface area contributed by atoms with Crippen molar-refractivity contribution in [1.82, 2.24) is 10.6 Å². The van der Waals surface area contributed by atoms with Crippen LogP contribution in [0.25, 0.3) is 0 Å². The van der Waals surface area contributed by atoms with E-state index in [0.717, 1.165) is 5.56 Å². The number of hydrogen-bond donors (Lipinski definition) is 3. The van der Waals surface area contributed by atoms with E-state index in [-0.39, 0.29) is 18.5 Å². The van der Waals surface area contributed by atoms with Gasteiger partial charge >= 0.3 is 6.03 Å². The third-order valence-corrected chi connectivity index (χ3v) is 2.89. The van der Waals surface area contributed by atoms with Crippen LogP contribution >= 0.6 is 11.6 Å². The Balaban J connectivity index is 2.37. The summed E-state index contributed by atoms with van der Waals surface area (Å²) in [4.78, 5) is 22.6. The number of urea groups is 1. The summed E-state index contributed by atoms with van der Waals surface area (Å²) >= 11 is 5.81. The minimum Gasteiger partial charge on any atom is -0.338 e. The molecule has 0 aliphatic rings. The van der Waals surface area contributed by atoms with Crippen LogP contribution in [0, 0.1) is 0 Å².